The average Bonchev–Trinajstić information content (AvgIpc) is 3.38. The van der Waals surface area contributed by atoms with Crippen molar-refractivity contribution >= 4 is 44.1 Å². The van der Waals surface area contributed by atoms with Gasteiger partial charge in [-0.15, -0.1) is 0 Å². The molecular formula is C29H27N5O6S. The number of aryl methyl sites for hydroxylation is 2. The number of hydrogen-bond donors (Lipinski definition) is 2. The van der Waals surface area contributed by atoms with E-state index >= 15 is 0 Å². The topological polar surface area (TPSA) is 139 Å². The largest absolute Gasteiger partial charge is 0.494 e. The molecule has 0 bridgehead atoms. The summed E-state index contributed by atoms with van der Waals surface area (Å²) < 4.78 is 39.7. The van der Waals surface area contributed by atoms with Crippen molar-refractivity contribution in [1.82, 2.24) is 13.9 Å². The van der Waals surface area contributed by atoms with Gasteiger partial charge < -0.3 is 14.3 Å². The van der Waals surface area contributed by atoms with Crippen LogP contribution in [-0.2, 0) is 14.8 Å². The van der Waals surface area contributed by atoms with E-state index in [1.807, 2.05) is 26.0 Å². The first-order chi connectivity index (χ1) is 19.7. The number of nitrogens with zero attached hydrogens (tertiary/aromatic N) is 4. The number of hydrazone groups is 1. The lowest BCUT2D eigenvalue weighted by Crippen LogP contribution is -2.40. The summed E-state index contributed by atoms with van der Waals surface area (Å²) in [6.07, 6.45) is 1.39. The standard InChI is InChI=1S/C29H27N5O6S/c1-18-7-9-25(19(2)15-18)34-27(35)22-6-4-3-5-21(22)23(28(34)36)17-30-32-29-31-24-16-20(8-10-26(24)40-29)41(37,38)33-11-13-39-14-12-33/h3-10,15-17,36H,11-14H2,1-2H3,(H,31,32)/b30-17+. The molecule has 11 nitrogen and oxygen atoms in total. The number of anilines is 1. The molecule has 3 heterocycles. The molecule has 1 aliphatic heterocycles. The number of ether oxygens (including phenoxy) is 1. The second kappa shape index (κ2) is 10.5. The Morgan fingerprint density at radius 2 is 1.78 bits per heavy atom. The number of hydrogen-bond acceptors (Lipinski definition) is 9. The fourth-order valence-electron chi connectivity index (χ4n) is 4.97. The smallest absolute Gasteiger partial charge is 0.316 e. The second-order valence-corrected chi connectivity index (χ2v) is 11.7. The zero-order valence-electron chi connectivity index (χ0n) is 22.4. The summed E-state index contributed by atoms with van der Waals surface area (Å²) in [6, 6.07) is 17.1. The predicted octanol–water partition coefficient (Wildman–Crippen LogP) is 3.92. The molecule has 1 saturated heterocycles. The first-order valence-electron chi connectivity index (χ1n) is 13.0. The van der Waals surface area contributed by atoms with Crippen LogP contribution in [0.1, 0.15) is 16.7 Å². The Morgan fingerprint density at radius 3 is 2.54 bits per heavy atom. The summed E-state index contributed by atoms with van der Waals surface area (Å²) in [7, 11) is -3.69. The van der Waals surface area contributed by atoms with Crippen LogP contribution in [0.15, 0.2) is 79.9 Å². The minimum atomic E-state index is -3.69. The Balaban J connectivity index is 1.34. The Labute approximate surface area is 235 Å². The molecule has 2 N–H and O–H groups in total. The van der Waals surface area contributed by atoms with Gasteiger partial charge in [0.2, 0.25) is 15.9 Å². The van der Waals surface area contributed by atoms with Gasteiger partial charge in [0.15, 0.2) is 5.58 Å². The maximum Gasteiger partial charge on any atom is 0.316 e. The summed E-state index contributed by atoms with van der Waals surface area (Å²) in [6.45, 7) is 5.12. The van der Waals surface area contributed by atoms with E-state index in [2.05, 4.69) is 15.5 Å². The molecule has 5 aromatic rings. The first kappa shape index (κ1) is 26.7. The average molecular weight is 574 g/mol. The maximum atomic E-state index is 13.4. The highest BCUT2D eigenvalue weighted by molar-refractivity contribution is 7.89. The third kappa shape index (κ3) is 4.86. The summed E-state index contributed by atoms with van der Waals surface area (Å²) in [5.74, 6) is -0.262. The van der Waals surface area contributed by atoms with Gasteiger partial charge in [0, 0.05) is 23.9 Å². The van der Waals surface area contributed by atoms with Gasteiger partial charge in [-0.25, -0.2) is 18.4 Å². The molecule has 2 aromatic heterocycles. The van der Waals surface area contributed by atoms with Crippen LogP contribution >= 0.6 is 0 Å². The summed E-state index contributed by atoms with van der Waals surface area (Å²) in [5.41, 5.74) is 5.83. The van der Waals surface area contributed by atoms with Crippen molar-refractivity contribution in [3.63, 3.8) is 0 Å². The van der Waals surface area contributed by atoms with Gasteiger partial charge >= 0.3 is 6.01 Å². The molecule has 210 valence electrons. The second-order valence-electron chi connectivity index (χ2n) is 9.75. The van der Waals surface area contributed by atoms with Gasteiger partial charge in [0.25, 0.3) is 5.56 Å². The van der Waals surface area contributed by atoms with Gasteiger partial charge in [-0.05, 0) is 49.7 Å². The molecule has 12 heteroatoms. The van der Waals surface area contributed by atoms with Gasteiger partial charge in [0.05, 0.1) is 35.6 Å². The lowest BCUT2D eigenvalue weighted by atomic mass is 10.1. The molecule has 0 unspecified atom stereocenters. The Bertz CT molecular complexity index is 1990. The molecule has 6 rings (SSSR count). The van der Waals surface area contributed by atoms with E-state index in [-0.39, 0.29) is 22.3 Å². The van der Waals surface area contributed by atoms with Gasteiger partial charge in [-0.1, -0.05) is 35.9 Å². The van der Waals surface area contributed by atoms with Crippen LogP contribution in [-0.4, -0.2) is 59.9 Å². The maximum absolute atomic E-state index is 13.4. The van der Waals surface area contributed by atoms with Crippen LogP contribution in [0.25, 0.3) is 27.6 Å². The van der Waals surface area contributed by atoms with Gasteiger partial charge in [0.1, 0.15) is 5.52 Å². The third-order valence-corrected chi connectivity index (χ3v) is 8.91. The van der Waals surface area contributed by atoms with Crippen molar-refractivity contribution in [3.8, 4) is 11.6 Å². The lowest BCUT2D eigenvalue weighted by molar-refractivity contribution is 0.0730. The number of morpholine rings is 1. The molecule has 0 spiro atoms. The number of rotatable bonds is 6. The number of fused-ring (bicyclic) bond motifs is 2. The molecular weight excluding hydrogens is 546 g/mol. The van der Waals surface area contributed by atoms with E-state index in [0.717, 1.165) is 11.1 Å². The third-order valence-electron chi connectivity index (χ3n) is 7.02. The van der Waals surface area contributed by atoms with Gasteiger partial charge in [-0.3, -0.25) is 4.79 Å². The molecule has 0 saturated carbocycles. The first-order valence-corrected chi connectivity index (χ1v) is 14.4. The number of nitrogens with one attached hydrogen (secondary N) is 1. The van der Waals surface area contributed by atoms with Crippen LogP contribution in [0.5, 0.6) is 5.88 Å². The van der Waals surface area contributed by atoms with Crippen LogP contribution in [0.4, 0.5) is 6.01 Å². The Kier molecular flexibility index (Phi) is 6.81. The van der Waals surface area contributed by atoms with Crippen molar-refractivity contribution in [2.45, 2.75) is 18.7 Å². The summed E-state index contributed by atoms with van der Waals surface area (Å²) >= 11 is 0. The fraction of sp³-hybridized carbons (Fsp3) is 0.207. The summed E-state index contributed by atoms with van der Waals surface area (Å²) in [5, 5.41) is 16.4. The molecule has 0 atom stereocenters. The summed E-state index contributed by atoms with van der Waals surface area (Å²) in [4.78, 5) is 17.8. The van der Waals surface area contributed by atoms with Crippen molar-refractivity contribution in [3.05, 3.63) is 87.7 Å². The van der Waals surface area contributed by atoms with Crippen molar-refractivity contribution in [1.29, 1.82) is 0 Å². The van der Waals surface area contributed by atoms with E-state index in [9.17, 15) is 18.3 Å². The van der Waals surface area contributed by atoms with Crippen LogP contribution < -0.4 is 11.0 Å². The van der Waals surface area contributed by atoms with E-state index in [1.165, 1.54) is 27.2 Å². The minimum absolute atomic E-state index is 0.0312. The van der Waals surface area contributed by atoms with Crippen molar-refractivity contribution in [2.24, 2.45) is 5.10 Å². The highest BCUT2D eigenvalue weighted by atomic mass is 32.2. The van der Waals surface area contributed by atoms with Crippen LogP contribution in [0.3, 0.4) is 0 Å². The molecule has 0 radical (unpaired) electrons. The van der Waals surface area contributed by atoms with Crippen molar-refractivity contribution < 1.29 is 22.7 Å². The van der Waals surface area contributed by atoms with E-state index in [4.69, 9.17) is 9.15 Å². The molecule has 41 heavy (non-hydrogen) atoms. The fourth-order valence-corrected chi connectivity index (χ4v) is 6.40. The highest BCUT2D eigenvalue weighted by Gasteiger charge is 2.27. The molecule has 1 aliphatic rings. The van der Waals surface area contributed by atoms with Crippen LogP contribution in [0.2, 0.25) is 0 Å². The van der Waals surface area contributed by atoms with E-state index < -0.39 is 10.0 Å². The van der Waals surface area contributed by atoms with E-state index in [1.54, 1.807) is 36.4 Å². The number of oxazole rings is 1. The number of sulfonamides is 1. The normalized spacial score (nSPS) is 14.8. The number of benzene rings is 3. The monoisotopic (exact) mass is 573 g/mol. The highest BCUT2D eigenvalue weighted by Crippen LogP contribution is 2.28. The predicted molar refractivity (Wildman–Crippen MR) is 155 cm³/mol. The van der Waals surface area contributed by atoms with E-state index in [0.29, 0.717) is 59.4 Å². The number of pyridine rings is 1. The molecule has 0 amide bonds. The Hall–Kier alpha value is -4.52. The zero-order valence-corrected chi connectivity index (χ0v) is 23.2. The lowest BCUT2D eigenvalue weighted by Gasteiger charge is -2.25. The molecule has 3 aromatic carbocycles. The quantitative estimate of drug-likeness (QED) is 0.230. The molecule has 1 fully saturated rings. The SMILES string of the molecule is Cc1ccc(-n2c(O)c(/C=N/Nc3nc4cc(S(=O)(=O)N5CCOCC5)ccc4o3)c3ccccc3c2=O)c(C)c1. The van der Waals surface area contributed by atoms with Crippen LogP contribution in [0, 0.1) is 13.8 Å². The van der Waals surface area contributed by atoms with Gasteiger partial charge in [-0.2, -0.15) is 14.4 Å². The minimum Gasteiger partial charge on any atom is -0.494 e. The number of aromatic nitrogens is 2. The van der Waals surface area contributed by atoms with Crippen molar-refractivity contribution in [2.75, 3.05) is 31.7 Å². The zero-order chi connectivity index (χ0) is 28.7. The number of aromatic hydroxyl groups is 1. The Morgan fingerprint density at radius 1 is 1.02 bits per heavy atom. The molecule has 0 aliphatic carbocycles.